The lowest BCUT2D eigenvalue weighted by molar-refractivity contribution is -0.122. The molecule has 0 atom stereocenters. The van der Waals surface area contributed by atoms with E-state index in [-0.39, 0.29) is 42.0 Å². The Hall–Kier alpha value is -2.16. The molecular formula is C22H32IN5O. The topological polar surface area (TPSA) is 69.6 Å². The summed E-state index contributed by atoms with van der Waals surface area (Å²) in [5, 5.41) is 6.23. The number of pyridine rings is 1. The van der Waals surface area contributed by atoms with Gasteiger partial charge in [0.1, 0.15) is 0 Å². The summed E-state index contributed by atoms with van der Waals surface area (Å²) in [6.45, 7) is 9.43. The number of hydrogen-bond acceptors (Lipinski definition) is 3. The average molecular weight is 509 g/mol. The lowest BCUT2D eigenvalue weighted by Crippen LogP contribution is -2.48. The summed E-state index contributed by atoms with van der Waals surface area (Å²) >= 11 is 0. The Morgan fingerprint density at radius 1 is 1.17 bits per heavy atom. The first kappa shape index (κ1) is 24.9. The molecule has 6 nitrogen and oxygen atoms in total. The highest BCUT2D eigenvalue weighted by atomic mass is 127. The fraction of sp³-hybridized carbons (Fsp3) is 0.409. The van der Waals surface area contributed by atoms with Gasteiger partial charge >= 0.3 is 0 Å². The van der Waals surface area contributed by atoms with E-state index in [9.17, 15) is 4.79 Å². The number of aliphatic imine (C=N–C) groups is 1. The van der Waals surface area contributed by atoms with E-state index in [0.717, 1.165) is 23.4 Å². The monoisotopic (exact) mass is 509 g/mol. The standard InChI is InChI=1S/C22H31N5O.HI/c1-6-23-21(27(5)16-20(28)26-22(2,3)4)25-15-17-10-9-11-18(14-17)19-12-7-8-13-24-19;/h7-14H,6,15-16H2,1-5H3,(H,23,25)(H,26,28);1H. The third kappa shape index (κ3) is 8.81. The summed E-state index contributed by atoms with van der Waals surface area (Å²) in [5.74, 6) is 0.674. The van der Waals surface area contributed by atoms with Crippen molar-refractivity contribution in [3.63, 3.8) is 0 Å². The Morgan fingerprint density at radius 3 is 2.55 bits per heavy atom. The molecule has 0 saturated heterocycles. The van der Waals surface area contributed by atoms with E-state index < -0.39 is 0 Å². The van der Waals surface area contributed by atoms with Crippen molar-refractivity contribution in [3.8, 4) is 11.3 Å². The molecule has 158 valence electrons. The number of nitrogens with zero attached hydrogens (tertiary/aromatic N) is 3. The summed E-state index contributed by atoms with van der Waals surface area (Å²) in [7, 11) is 1.87. The minimum Gasteiger partial charge on any atom is -0.357 e. The van der Waals surface area contributed by atoms with Crippen LogP contribution in [0.1, 0.15) is 33.3 Å². The Morgan fingerprint density at radius 2 is 1.93 bits per heavy atom. The molecule has 0 radical (unpaired) electrons. The van der Waals surface area contributed by atoms with Crippen LogP contribution in [-0.2, 0) is 11.3 Å². The Kier molecular flexibility index (Phi) is 10.1. The number of guanidine groups is 1. The van der Waals surface area contributed by atoms with Crippen LogP contribution in [0.4, 0.5) is 0 Å². The minimum absolute atomic E-state index is 0. The number of likely N-dealkylation sites (N-methyl/N-ethyl adjacent to an activating group) is 1. The maximum absolute atomic E-state index is 12.2. The SMILES string of the molecule is CCNC(=NCc1cccc(-c2ccccn2)c1)N(C)CC(=O)NC(C)(C)C.I. The van der Waals surface area contributed by atoms with E-state index in [0.29, 0.717) is 12.5 Å². The Labute approximate surface area is 191 Å². The number of amides is 1. The Balaban J connectivity index is 0.00000420. The minimum atomic E-state index is -0.251. The molecule has 2 aromatic rings. The number of carbonyl (C=O) groups excluding carboxylic acids is 1. The van der Waals surface area contributed by atoms with Gasteiger partial charge in [0.2, 0.25) is 5.91 Å². The maximum Gasteiger partial charge on any atom is 0.240 e. The van der Waals surface area contributed by atoms with Crippen LogP contribution in [0.15, 0.2) is 53.7 Å². The van der Waals surface area contributed by atoms with E-state index in [1.807, 2.05) is 76.0 Å². The van der Waals surface area contributed by atoms with E-state index >= 15 is 0 Å². The number of nitrogens with one attached hydrogen (secondary N) is 2. The van der Waals surface area contributed by atoms with E-state index in [1.54, 1.807) is 6.20 Å². The summed E-state index contributed by atoms with van der Waals surface area (Å²) < 4.78 is 0. The van der Waals surface area contributed by atoms with Crippen molar-refractivity contribution in [2.24, 2.45) is 4.99 Å². The van der Waals surface area contributed by atoms with Gasteiger partial charge in [0.25, 0.3) is 0 Å². The number of halogens is 1. The quantitative estimate of drug-likeness (QED) is 0.354. The van der Waals surface area contributed by atoms with E-state index in [1.165, 1.54) is 0 Å². The first-order valence-electron chi connectivity index (χ1n) is 9.59. The van der Waals surface area contributed by atoms with Crippen LogP contribution in [0, 0.1) is 0 Å². The molecule has 1 heterocycles. The second-order valence-corrected chi connectivity index (χ2v) is 7.74. The third-order valence-corrected chi connectivity index (χ3v) is 3.89. The number of carbonyl (C=O) groups is 1. The molecule has 29 heavy (non-hydrogen) atoms. The molecule has 2 rings (SSSR count). The molecule has 0 fully saturated rings. The second-order valence-electron chi connectivity index (χ2n) is 7.74. The van der Waals surface area contributed by atoms with Gasteiger partial charge in [-0.25, -0.2) is 4.99 Å². The molecule has 0 unspecified atom stereocenters. The highest BCUT2D eigenvalue weighted by Crippen LogP contribution is 2.18. The third-order valence-electron chi connectivity index (χ3n) is 3.89. The van der Waals surface area contributed by atoms with Crippen molar-refractivity contribution in [2.75, 3.05) is 20.1 Å². The van der Waals surface area contributed by atoms with Gasteiger partial charge < -0.3 is 15.5 Å². The van der Waals surface area contributed by atoms with Gasteiger partial charge in [-0.3, -0.25) is 9.78 Å². The van der Waals surface area contributed by atoms with Crippen LogP contribution in [-0.4, -0.2) is 47.4 Å². The van der Waals surface area contributed by atoms with Crippen LogP contribution < -0.4 is 10.6 Å². The molecule has 0 spiro atoms. The highest BCUT2D eigenvalue weighted by Gasteiger charge is 2.16. The molecule has 0 aliphatic carbocycles. The van der Waals surface area contributed by atoms with Crippen molar-refractivity contribution >= 4 is 35.8 Å². The number of hydrogen-bond donors (Lipinski definition) is 2. The zero-order valence-corrected chi connectivity index (χ0v) is 20.2. The summed E-state index contributed by atoms with van der Waals surface area (Å²) in [6, 6.07) is 14.1. The molecule has 0 aliphatic rings. The molecule has 2 N–H and O–H groups in total. The summed E-state index contributed by atoms with van der Waals surface area (Å²) in [4.78, 5) is 23.2. The van der Waals surface area contributed by atoms with Gasteiger partial charge in [-0.15, -0.1) is 24.0 Å². The molecule has 7 heteroatoms. The number of benzene rings is 1. The first-order chi connectivity index (χ1) is 13.3. The maximum atomic E-state index is 12.2. The lowest BCUT2D eigenvalue weighted by Gasteiger charge is -2.25. The van der Waals surface area contributed by atoms with Crippen LogP contribution in [0.5, 0.6) is 0 Å². The molecular weight excluding hydrogens is 477 g/mol. The highest BCUT2D eigenvalue weighted by molar-refractivity contribution is 14.0. The van der Waals surface area contributed by atoms with Crippen LogP contribution in [0.2, 0.25) is 0 Å². The normalized spacial score (nSPS) is 11.4. The second kappa shape index (κ2) is 11.7. The molecule has 1 aromatic carbocycles. The molecule has 0 saturated carbocycles. The fourth-order valence-corrected chi connectivity index (χ4v) is 2.75. The zero-order chi connectivity index (χ0) is 20.6. The summed E-state index contributed by atoms with van der Waals surface area (Å²) in [6.07, 6.45) is 1.79. The van der Waals surface area contributed by atoms with Crippen molar-refractivity contribution in [2.45, 2.75) is 39.8 Å². The van der Waals surface area contributed by atoms with Gasteiger partial charge in [-0.2, -0.15) is 0 Å². The van der Waals surface area contributed by atoms with Gasteiger partial charge in [0.05, 0.1) is 18.8 Å². The van der Waals surface area contributed by atoms with Gasteiger partial charge in [-0.05, 0) is 51.5 Å². The predicted molar refractivity (Wildman–Crippen MR) is 130 cm³/mol. The zero-order valence-electron chi connectivity index (χ0n) is 17.9. The van der Waals surface area contributed by atoms with Crippen molar-refractivity contribution in [1.82, 2.24) is 20.5 Å². The van der Waals surface area contributed by atoms with E-state index in [2.05, 4.69) is 21.7 Å². The van der Waals surface area contributed by atoms with Gasteiger partial charge in [-0.1, -0.05) is 24.3 Å². The number of aromatic nitrogens is 1. The number of rotatable bonds is 6. The molecule has 1 aromatic heterocycles. The van der Waals surface area contributed by atoms with Gasteiger partial charge in [0, 0.05) is 30.9 Å². The van der Waals surface area contributed by atoms with Gasteiger partial charge in [0.15, 0.2) is 5.96 Å². The summed E-state index contributed by atoms with van der Waals surface area (Å²) in [5.41, 5.74) is 2.85. The lowest BCUT2D eigenvalue weighted by atomic mass is 10.1. The van der Waals surface area contributed by atoms with Crippen LogP contribution >= 0.6 is 24.0 Å². The average Bonchev–Trinajstić information content (AvgIpc) is 2.64. The molecule has 0 bridgehead atoms. The predicted octanol–water partition coefficient (Wildman–Crippen LogP) is 3.68. The van der Waals surface area contributed by atoms with Crippen LogP contribution in [0.25, 0.3) is 11.3 Å². The fourth-order valence-electron chi connectivity index (χ4n) is 2.75. The smallest absolute Gasteiger partial charge is 0.240 e. The molecule has 1 amide bonds. The van der Waals surface area contributed by atoms with E-state index in [4.69, 9.17) is 4.99 Å². The Bertz CT molecular complexity index is 802. The van der Waals surface area contributed by atoms with Crippen molar-refractivity contribution < 1.29 is 4.79 Å². The first-order valence-corrected chi connectivity index (χ1v) is 9.59. The van der Waals surface area contributed by atoms with Crippen molar-refractivity contribution in [1.29, 1.82) is 0 Å². The van der Waals surface area contributed by atoms with Crippen molar-refractivity contribution in [3.05, 3.63) is 54.2 Å². The van der Waals surface area contributed by atoms with Crippen LogP contribution in [0.3, 0.4) is 0 Å². The molecule has 0 aliphatic heterocycles. The largest absolute Gasteiger partial charge is 0.357 e.